The van der Waals surface area contributed by atoms with Gasteiger partial charge in [-0.3, -0.25) is 0 Å². The molecule has 58 valence electrons. The summed E-state index contributed by atoms with van der Waals surface area (Å²) in [4.78, 5) is 10.5. The lowest BCUT2D eigenvalue weighted by Crippen LogP contribution is -2.03. The minimum Gasteiger partial charge on any atom is -0.437 e. The topological polar surface area (TPSA) is 35.5 Å². The molecule has 0 radical (unpaired) electrons. The van der Waals surface area contributed by atoms with E-state index in [1.807, 2.05) is 13.8 Å². The van der Waals surface area contributed by atoms with Crippen molar-refractivity contribution in [2.75, 3.05) is 7.11 Å². The summed E-state index contributed by atoms with van der Waals surface area (Å²) in [6.45, 7) is 3.71. The number of methoxy groups -OCH3 is 1. The quantitative estimate of drug-likeness (QED) is 0.439. The highest BCUT2D eigenvalue weighted by Gasteiger charge is 2.01. The Hall–Kier alpha value is -0.990. The molecule has 0 saturated heterocycles. The summed E-state index contributed by atoms with van der Waals surface area (Å²) in [6.07, 6.45) is 1.78. The van der Waals surface area contributed by atoms with Gasteiger partial charge in [0.2, 0.25) is 0 Å². The highest BCUT2D eigenvalue weighted by atomic mass is 16.7. The van der Waals surface area contributed by atoms with Crippen molar-refractivity contribution in [3.8, 4) is 0 Å². The van der Waals surface area contributed by atoms with Gasteiger partial charge < -0.3 is 9.47 Å². The summed E-state index contributed by atoms with van der Waals surface area (Å²) in [5.41, 5.74) is 0. The van der Waals surface area contributed by atoms with Crippen LogP contribution in [0.1, 0.15) is 20.3 Å². The first kappa shape index (κ1) is 9.01. The van der Waals surface area contributed by atoms with E-state index in [2.05, 4.69) is 4.74 Å². The minimum absolute atomic E-state index is 0.631. The van der Waals surface area contributed by atoms with E-state index in [-0.39, 0.29) is 0 Å². The summed E-state index contributed by atoms with van der Waals surface area (Å²) in [7, 11) is 1.28. The number of rotatable bonds is 2. The molecule has 0 aliphatic rings. The second-order valence-electron chi connectivity index (χ2n) is 1.66. The third kappa shape index (κ3) is 3.12. The SMILES string of the molecule is C/C=C(\CC)OC(=O)OC. The zero-order valence-corrected chi connectivity index (χ0v) is 6.51. The Labute approximate surface area is 60.6 Å². The van der Waals surface area contributed by atoms with E-state index in [9.17, 15) is 4.79 Å². The highest BCUT2D eigenvalue weighted by molar-refractivity contribution is 5.61. The third-order valence-corrected chi connectivity index (χ3v) is 1.05. The van der Waals surface area contributed by atoms with Crippen LogP contribution in [-0.4, -0.2) is 13.3 Å². The first-order valence-electron chi connectivity index (χ1n) is 3.15. The maximum atomic E-state index is 10.5. The Bertz CT molecular complexity index is 138. The Morgan fingerprint density at radius 2 is 2.20 bits per heavy atom. The predicted octanol–water partition coefficient (Wildman–Crippen LogP) is 2.08. The number of carbonyl (C=O) groups excluding carboxylic acids is 1. The smallest absolute Gasteiger partial charge is 0.437 e. The molecule has 0 unspecified atom stereocenters. The molecule has 0 saturated carbocycles. The van der Waals surface area contributed by atoms with Gasteiger partial charge in [0.05, 0.1) is 7.11 Å². The molecule has 0 rings (SSSR count). The Morgan fingerprint density at radius 1 is 1.60 bits per heavy atom. The number of carbonyl (C=O) groups is 1. The van der Waals surface area contributed by atoms with Crippen LogP contribution in [0.2, 0.25) is 0 Å². The largest absolute Gasteiger partial charge is 0.513 e. The van der Waals surface area contributed by atoms with Gasteiger partial charge in [0.15, 0.2) is 0 Å². The summed E-state index contributed by atoms with van der Waals surface area (Å²) >= 11 is 0. The van der Waals surface area contributed by atoms with Gasteiger partial charge in [-0.2, -0.15) is 0 Å². The van der Waals surface area contributed by atoms with Crippen LogP contribution >= 0.6 is 0 Å². The Kier molecular flexibility index (Phi) is 4.37. The minimum atomic E-state index is -0.657. The molecular formula is C7H12O3. The summed E-state index contributed by atoms with van der Waals surface area (Å²) < 4.78 is 8.98. The van der Waals surface area contributed by atoms with Crippen LogP contribution in [0.25, 0.3) is 0 Å². The van der Waals surface area contributed by atoms with Crippen molar-refractivity contribution < 1.29 is 14.3 Å². The Morgan fingerprint density at radius 3 is 2.50 bits per heavy atom. The van der Waals surface area contributed by atoms with Crippen LogP contribution in [0.5, 0.6) is 0 Å². The lowest BCUT2D eigenvalue weighted by Gasteiger charge is -2.02. The van der Waals surface area contributed by atoms with Crippen LogP contribution in [0.3, 0.4) is 0 Å². The molecule has 0 bridgehead atoms. The standard InChI is InChI=1S/C7H12O3/c1-4-6(5-2)10-7(8)9-3/h4H,5H2,1-3H3/b6-4+. The molecule has 0 heterocycles. The maximum absolute atomic E-state index is 10.5. The highest BCUT2D eigenvalue weighted by Crippen LogP contribution is 2.02. The van der Waals surface area contributed by atoms with E-state index in [1.165, 1.54) is 7.11 Å². The van der Waals surface area contributed by atoms with Crippen molar-refractivity contribution in [3.05, 3.63) is 11.8 Å². The van der Waals surface area contributed by atoms with Crippen molar-refractivity contribution in [1.29, 1.82) is 0 Å². The van der Waals surface area contributed by atoms with Crippen molar-refractivity contribution in [2.24, 2.45) is 0 Å². The molecule has 3 heteroatoms. The molecule has 0 aromatic heterocycles. The van der Waals surface area contributed by atoms with Gasteiger partial charge in [-0.25, -0.2) is 4.79 Å². The fourth-order valence-corrected chi connectivity index (χ4v) is 0.484. The van der Waals surface area contributed by atoms with Crippen LogP contribution in [0.15, 0.2) is 11.8 Å². The zero-order valence-electron chi connectivity index (χ0n) is 6.51. The molecule has 0 aliphatic carbocycles. The van der Waals surface area contributed by atoms with Crippen LogP contribution < -0.4 is 0 Å². The molecule has 0 atom stereocenters. The van der Waals surface area contributed by atoms with E-state index in [1.54, 1.807) is 6.08 Å². The van der Waals surface area contributed by atoms with Gasteiger partial charge in [0.1, 0.15) is 5.76 Å². The first-order valence-corrected chi connectivity index (χ1v) is 3.15. The van der Waals surface area contributed by atoms with Crippen molar-refractivity contribution in [3.63, 3.8) is 0 Å². The Balaban J connectivity index is 3.76. The monoisotopic (exact) mass is 144 g/mol. The molecule has 0 N–H and O–H groups in total. The second kappa shape index (κ2) is 4.85. The average Bonchev–Trinajstić information content (AvgIpc) is 1.99. The molecular weight excluding hydrogens is 132 g/mol. The second-order valence-corrected chi connectivity index (χ2v) is 1.66. The summed E-state index contributed by atoms with van der Waals surface area (Å²) in [5.74, 6) is 0.631. The number of allylic oxidation sites excluding steroid dienone is 2. The zero-order chi connectivity index (χ0) is 7.98. The van der Waals surface area contributed by atoms with E-state index in [4.69, 9.17) is 4.74 Å². The predicted molar refractivity (Wildman–Crippen MR) is 37.5 cm³/mol. The van der Waals surface area contributed by atoms with E-state index >= 15 is 0 Å². The summed E-state index contributed by atoms with van der Waals surface area (Å²) in [6, 6.07) is 0. The molecule has 0 aliphatic heterocycles. The van der Waals surface area contributed by atoms with Gasteiger partial charge in [-0.15, -0.1) is 0 Å². The lowest BCUT2D eigenvalue weighted by molar-refractivity contribution is 0.0951. The van der Waals surface area contributed by atoms with Gasteiger partial charge in [-0.1, -0.05) is 6.92 Å². The van der Waals surface area contributed by atoms with E-state index < -0.39 is 6.16 Å². The van der Waals surface area contributed by atoms with Crippen LogP contribution in [0.4, 0.5) is 4.79 Å². The van der Waals surface area contributed by atoms with Gasteiger partial charge in [0.25, 0.3) is 0 Å². The van der Waals surface area contributed by atoms with E-state index in [0.717, 1.165) is 0 Å². The fourth-order valence-electron chi connectivity index (χ4n) is 0.484. The van der Waals surface area contributed by atoms with Gasteiger partial charge in [-0.05, 0) is 13.0 Å². The van der Waals surface area contributed by atoms with Crippen LogP contribution in [-0.2, 0) is 9.47 Å². The molecule has 0 aromatic rings. The average molecular weight is 144 g/mol. The van der Waals surface area contributed by atoms with E-state index in [0.29, 0.717) is 12.2 Å². The molecule has 0 spiro atoms. The third-order valence-electron chi connectivity index (χ3n) is 1.05. The number of hydrogen-bond acceptors (Lipinski definition) is 3. The molecule has 0 aromatic carbocycles. The van der Waals surface area contributed by atoms with Crippen molar-refractivity contribution in [2.45, 2.75) is 20.3 Å². The number of ether oxygens (including phenoxy) is 2. The van der Waals surface area contributed by atoms with Crippen molar-refractivity contribution in [1.82, 2.24) is 0 Å². The molecule has 3 nitrogen and oxygen atoms in total. The lowest BCUT2D eigenvalue weighted by atomic mass is 10.4. The molecule has 0 amide bonds. The fraction of sp³-hybridized carbons (Fsp3) is 0.571. The maximum Gasteiger partial charge on any atom is 0.513 e. The molecule has 10 heavy (non-hydrogen) atoms. The normalized spacial score (nSPS) is 10.9. The van der Waals surface area contributed by atoms with Gasteiger partial charge in [0, 0.05) is 6.42 Å². The van der Waals surface area contributed by atoms with Crippen LogP contribution in [0, 0.1) is 0 Å². The van der Waals surface area contributed by atoms with Gasteiger partial charge >= 0.3 is 6.16 Å². The van der Waals surface area contributed by atoms with Crippen molar-refractivity contribution >= 4 is 6.16 Å². The molecule has 0 fully saturated rings. The first-order chi connectivity index (χ1) is 4.74. The summed E-state index contributed by atoms with van der Waals surface area (Å²) in [5, 5.41) is 0. The number of hydrogen-bond donors (Lipinski definition) is 0.